The van der Waals surface area contributed by atoms with E-state index < -0.39 is 24.1 Å². The summed E-state index contributed by atoms with van der Waals surface area (Å²) in [6, 6.07) is 16.4. The van der Waals surface area contributed by atoms with E-state index in [-0.39, 0.29) is 0 Å². The zero-order valence-corrected chi connectivity index (χ0v) is 20.0. The van der Waals surface area contributed by atoms with Crippen molar-refractivity contribution in [3.8, 4) is 23.3 Å². The number of piperidine rings is 1. The van der Waals surface area contributed by atoms with Crippen LogP contribution in [0, 0.1) is 22.7 Å². The molecule has 8 heteroatoms. The zero-order valence-electron chi connectivity index (χ0n) is 19.2. The molecule has 1 unspecified atom stereocenters. The third-order valence-corrected chi connectivity index (χ3v) is 7.09. The van der Waals surface area contributed by atoms with Gasteiger partial charge >= 0.3 is 6.09 Å². The van der Waals surface area contributed by atoms with E-state index in [4.69, 9.17) is 0 Å². The largest absolute Gasteiger partial charge is 0.465 e. The Labute approximate surface area is 204 Å². The molecular formula is C26H28N4O3S. The third-order valence-electron chi connectivity index (χ3n) is 5.81. The predicted molar refractivity (Wildman–Crippen MR) is 131 cm³/mol. The summed E-state index contributed by atoms with van der Waals surface area (Å²) in [5.74, 6) is 0.546. The standard InChI is InChI=1S/C26H28N4O3S/c1-2-13-34-24-11-10-20(15-21(24)16-27)19-8-6-18(7-9-19)14-22(17-28)29-25(31)23-5-3-4-12-30(23)26(32)33/h6-11,15,22-23H,2-5,12-14H2,1H3,(H,29,31)(H,32,33)/t22-,23?/m0/s1. The van der Waals surface area contributed by atoms with Gasteiger partial charge in [-0.05, 0) is 60.3 Å². The Bertz CT molecular complexity index is 1100. The van der Waals surface area contributed by atoms with Crippen molar-refractivity contribution in [3.05, 3.63) is 53.6 Å². The normalized spacial score (nSPS) is 16.2. The molecule has 1 aliphatic rings. The predicted octanol–water partition coefficient (Wildman–Crippen LogP) is 4.81. The summed E-state index contributed by atoms with van der Waals surface area (Å²) in [6.07, 6.45) is 2.23. The Balaban J connectivity index is 1.66. The molecule has 2 amide bonds. The molecule has 2 aromatic carbocycles. The minimum absolute atomic E-state index is 0.318. The van der Waals surface area contributed by atoms with Crippen molar-refractivity contribution in [1.29, 1.82) is 10.5 Å². The molecule has 7 nitrogen and oxygen atoms in total. The van der Waals surface area contributed by atoms with Gasteiger partial charge < -0.3 is 10.4 Å². The quantitative estimate of drug-likeness (QED) is 0.528. The second-order valence-electron chi connectivity index (χ2n) is 8.25. The number of benzene rings is 2. The molecule has 0 bridgehead atoms. The first kappa shape index (κ1) is 25.1. The Hall–Kier alpha value is -3.49. The molecule has 1 fully saturated rings. The molecule has 0 radical (unpaired) electrons. The highest BCUT2D eigenvalue weighted by atomic mass is 32.2. The first-order valence-electron chi connectivity index (χ1n) is 11.4. The third kappa shape index (κ3) is 6.30. The van der Waals surface area contributed by atoms with Crippen LogP contribution in [-0.2, 0) is 11.2 Å². The van der Waals surface area contributed by atoms with Crippen molar-refractivity contribution in [1.82, 2.24) is 10.2 Å². The summed E-state index contributed by atoms with van der Waals surface area (Å²) in [4.78, 5) is 26.2. The molecule has 34 heavy (non-hydrogen) atoms. The molecule has 3 rings (SSSR count). The highest BCUT2D eigenvalue weighted by Crippen LogP contribution is 2.29. The monoisotopic (exact) mass is 476 g/mol. The van der Waals surface area contributed by atoms with E-state index in [0.29, 0.717) is 24.9 Å². The lowest BCUT2D eigenvalue weighted by Crippen LogP contribution is -2.53. The van der Waals surface area contributed by atoms with Crippen molar-refractivity contribution in [2.45, 2.75) is 56.0 Å². The Morgan fingerprint density at radius 3 is 2.56 bits per heavy atom. The molecule has 1 saturated heterocycles. The number of thioether (sulfide) groups is 1. The van der Waals surface area contributed by atoms with Gasteiger partial charge in [0.1, 0.15) is 18.2 Å². The second kappa shape index (κ2) is 12.1. The van der Waals surface area contributed by atoms with Gasteiger partial charge in [-0.15, -0.1) is 11.8 Å². The van der Waals surface area contributed by atoms with E-state index in [9.17, 15) is 25.2 Å². The van der Waals surface area contributed by atoms with Gasteiger partial charge in [0.25, 0.3) is 0 Å². The molecule has 1 aliphatic heterocycles. The van der Waals surface area contributed by atoms with Gasteiger partial charge in [0, 0.05) is 17.9 Å². The molecule has 1 heterocycles. The Morgan fingerprint density at radius 2 is 1.91 bits per heavy atom. The maximum absolute atomic E-state index is 12.7. The number of hydrogen-bond donors (Lipinski definition) is 2. The number of likely N-dealkylation sites (tertiary alicyclic amines) is 1. The van der Waals surface area contributed by atoms with E-state index in [2.05, 4.69) is 24.4 Å². The number of carboxylic acid groups (broad SMARTS) is 1. The van der Waals surface area contributed by atoms with E-state index >= 15 is 0 Å². The van der Waals surface area contributed by atoms with Gasteiger partial charge in [-0.25, -0.2) is 4.79 Å². The summed E-state index contributed by atoms with van der Waals surface area (Å²) in [5, 5.41) is 31.1. The van der Waals surface area contributed by atoms with E-state index in [1.165, 1.54) is 0 Å². The average Bonchev–Trinajstić information content (AvgIpc) is 2.87. The summed E-state index contributed by atoms with van der Waals surface area (Å²) < 4.78 is 0. The highest BCUT2D eigenvalue weighted by molar-refractivity contribution is 7.99. The molecule has 0 saturated carbocycles. The van der Waals surface area contributed by atoms with Crippen LogP contribution in [0.3, 0.4) is 0 Å². The van der Waals surface area contributed by atoms with Gasteiger partial charge in [-0.1, -0.05) is 37.3 Å². The lowest BCUT2D eigenvalue weighted by Gasteiger charge is -2.32. The number of nitrogens with zero attached hydrogens (tertiary/aromatic N) is 3. The van der Waals surface area contributed by atoms with E-state index in [0.717, 1.165) is 51.5 Å². The maximum atomic E-state index is 12.7. The van der Waals surface area contributed by atoms with Gasteiger partial charge in [-0.3, -0.25) is 9.69 Å². The van der Waals surface area contributed by atoms with Crippen LogP contribution < -0.4 is 5.32 Å². The fourth-order valence-corrected chi connectivity index (χ4v) is 4.88. The minimum Gasteiger partial charge on any atom is -0.465 e. The molecule has 176 valence electrons. The SMILES string of the molecule is CCCSc1ccc(-c2ccc(C[C@@H](C#N)NC(=O)C3CCCCN3C(=O)O)cc2)cc1C#N. The van der Waals surface area contributed by atoms with E-state index in [1.807, 2.05) is 42.5 Å². The number of amides is 2. The van der Waals surface area contributed by atoms with Crippen LogP contribution in [0.1, 0.15) is 43.7 Å². The number of nitrogens with one attached hydrogen (secondary N) is 1. The Kier molecular flexibility index (Phi) is 8.95. The first-order chi connectivity index (χ1) is 16.5. The lowest BCUT2D eigenvalue weighted by atomic mass is 9.99. The van der Waals surface area contributed by atoms with E-state index in [1.54, 1.807) is 11.8 Å². The van der Waals surface area contributed by atoms with Crippen LogP contribution in [0.2, 0.25) is 0 Å². The van der Waals surface area contributed by atoms with Crippen molar-refractivity contribution < 1.29 is 14.7 Å². The van der Waals surface area contributed by atoms with Crippen LogP contribution in [0.15, 0.2) is 47.4 Å². The average molecular weight is 477 g/mol. The smallest absolute Gasteiger partial charge is 0.407 e. The first-order valence-corrected chi connectivity index (χ1v) is 12.4. The molecule has 0 aliphatic carbocycles. The van der Waals surface area contributed by atoms with Crippen LogP contribution >= 0.6 is 11.8 Å². The fraction of sp³-hybridized carbons (Fsp3) is 0.385. The molecule has 2 aromatic rings. The van der Waals surface area contributed by atoms with Crippen LogP contribution in [0.4, 0.5) is 4.79 Å². The molecule has 2 N–H and O–H groups in total. The van der Waals surface area contributed by atoms with Crippen LogP contribution in [-0.4, -0.2) is 46.4 Å². The topological polar surface area (TPSA) is 117 Å². The van der Waals surface area contributed by atoms with Crippen LogP contribution in [0.5, 0.6) is 0 Å². The summed E-state index contributed by atoms with van der Waals surface area (Å²) >= 11 is 1.68. The van der Waals surface area contributed by atoms with Crippen molar-refractivity contribution >= 4 is 23.8 Å². The van der Waals surface area contributed by atoms with Gasteiger partial charge in [0.05, 0.1) is 11.6 Å². The molecular weight excluding hydrogens is 448 g/mol. The lowest BCUT2D eigenvalue weighted by molar-refractivity contribution is -0.127. The summed E-state index contributed by atoms with van der Waals surface area (Å²) in [5.41, 5.74) is 3.44. The minimum atomic E-state index is -1.11. The molecule has 0 aromatic heterocycles. The summed E-state index contributed by atoms with van der Waals surface area (Å²) in [6.45, 7) is 2.44. The van der Waals surface area contributed by atoms with Crippen LogP contribution in [0.25, 0.3) is 11.1 Å². The van der Waals surface area contributed by atoms with Crippen molar-refractivity contribution in [2.75, 3.05) is 12.3 Å². The number of hydrogen-bond acceptors (Lipinski definition) is 5. The maximum Gasteiger partial charge on any atom is 0.407 e. The van der Waals surface area contributed by atoms with Gasteiger partial charge in [0.2, 0.25) is 5.91 Å². The highest BCUT2D eigenvalue weighted by Gasteiger charge is 2.32. The Morgan fingerprint density at radius 1 is 1.18 bits per heavy atom. The zero-order chi connectivity index (χ0) is 24.5. The van der Waals surface area contributed by atoms with Gasteiger partial charge in [0.15, 0.2) is 0 Å². The van der Waals surface area contributed by atoms with Crippen molar-refractivity contribution in [3.63, 3.8) is 0 Å². The number of nitriles is 2. The number of carbonyl (C=O) groups excluding carboxylic acids is 1. The fourth-order valence-electron chi connectivity index (χ4n) is 4.03. The number of rotatable bonds is 8. The second-order valence-corrected chi connectivity index (χ2v) is 9.39. The summed E-state index contributed by atoms with van der Waals surface area (Å²) in [7, 11) is 0. The number of carbonyl (C=O) groups is 2. The molecule has 2 atom stereocenters. The van der Waals surface area contributed by atoms with Gasteiger partial charge in [-0.2, -0.15) is 10.5 Å². The molecule has 0 spiro atoms. The van der Waals surface area contributed by atoms with Crippen molar-refractivity contribution in [2.24, 2.45) is 0 Å².